The number of nitrogens with zero attached hydrogens (tertiary/aromatic N) is 6. The Labute approximate surface area is 348 Å². The molecule has 0 spiro atoms. The van der Waals surface area contributed by atoms with E-state index >= 15 is 0 Å². The van der Waals surface area contributed by atoms with Gasteiger partial charge in [0, 0.05) is 43.3 Å². The maximum atomic E-state index is 12.4. The molecule has 0 aromatic carbocycles. The number of imidazole rings is 1. The van der Waals surface area contributed by atoms with Crippen LogP contribution in [-0.2, 0) is 45.8 Å². The lowest BCUT2D eigenvalue weighted by Gasteiger charge is -2.20. The average Bonchev–Trinajstić information content (AvgIpc) is 3.93. The van der Waals surface area contributed by atoms with Crippen molar-refractivity contribution in [3.8, 4) is 0 Å². The third-order valence-electron chi connectivity index (χ3n) is 9.06. The van der Waals surface area contributed by atoms with Gasteiger partial charge in [-0.2, -0.15) is 20.4 Å². The van der Waals surface area contributed by atoms with Gasteiger partial charge in [-0.15, -0.1) is 0 Å². The molecule has 2 aromatic heterocycles. The molecule has 2 aromatic rings. The smallest absolute Gasteiger partial charge is 0.489 e. The standard InChI is InChI=1S/C30H52N9O17P3S/c31-27-24-28(34-17-33-27)39(18-35-24)29-26(42)25(41)20(54-29)15-53-58(46,47)56-59(48,49)55-57(44,45)36-8-4-10-51-12-14-52-13-11-50-9-3-7-32-22(40)6-2-1-5-21-23-19(16-60-21)37-30(43)38-23/h17-21,23,25-26,29,41-42H,1-16H2,(H,32,40)(H,46,47)(H,48,49)(H2,31,33,34)(H2,36,44,45)(H2,37,38,43)/p-2/t19-,20+,21-,23-,25+,26+,29+/m0/s1. The second-order valence-corrected chi connectivity index (χ2v) is 19.6. The number of thioether (sulfide) groups is 1. The maximum Gasteiger partial charge on any atom is 0.489 e. The van der Waals surface area contributed by atoms with Crippen LogP contribution < -0.4 is 26.4 Å². The maximum absolute atomic E-state index is 12.4. The minimum Gasteiger partial charge on any atom is -0.862 e. The molecule has 0 radical (unpaired) electrons. The molecule has 2 saturated heterocycles. The van der Waals surface area contributed by atoms with Gasteiger partial charge >= 0.3 is 23.4 Å². The quantitative estimate of drug-likeness (QED) is 0.0204. The zero-order chi connectivity index (χ0) is 43.3. The van der Waals surface area contributed by atoms with Gasteiger partial charge in [-0.3, -0.25) is 14.1 Å². The molecule has 26 nitrogen and oxygen atoms in total. The third-order valence-corrected chi connectivity index (χ3v) is 15.0. The van der Waals surface area contributed by atoms with Crippen LogP contribution in [0.4, 0.5) is 5.82 Å². The van der Waals surface area contributed by atoms with Crippen molar-refractivity contribution in [3.05, 3.63) is 12.7 Å². The predicted molar refractivity (Wildman–Crippen MR) is 208 cm³/mol. The van der Waals surface area contributed by atoms with Gasteiger partial charge in [-0.1, -0.05) is 6.42 Å². The Morgan fingerprint density at radius 2 is 1.70 bits per heavy atom. The van der Waals surface area contributed by atoms with E-state index in [1.807, 2.05) is 16.8 Å². The summed E-state index contributed by atoms with van der Waals surface area (Å²) in [7, 11) is -16.2. The topological polar surface area (TPSA) is 381 Å². The molecule has 9 N–H and O–H groups in total. The van der Waals surface area contributed by atoms with Gasteiger partial charge in [-0.05, 0) is 38.0 Å². The van der Waals surface area contributed by atoms with E-state index in [9.17, 15) is 48.8 Å². The Kier molecular flexibility index (Phi) is 18.5. The first-order chi connectivity index (χ1) is 28.5. The first-order valence-electron chi connectivity index (χ1n) is 18.9. The van der Waals surface area contributed by atoms with Gasteiger partial charge < -0.3 is 70.1 Å². The molecular formula is C30H50N9O17P3S-2. The molecule has 0 saturated carbocycles. The van der Waals surface area contributed by atoms with Crippen LogP contribution >= 0.6 is 35.2 Å². The van der Waals surface area contributed by atoms with E-state index in [4.69, 9.17) is 24.7 Å². The number of aliphatic hydroxyl groups is 2. The summed E-state index contributed by atoms with van der Waals surface area (Å²) in [6, 6.07) is -0.0423. The summed E-state index contributed by atoms with van der Waals surface area (Å²) in [4.78, 5) is 49.8. The van der Waals surface area contributed by atoms with Crippen molar-refractivity contribution in [2.45, 2.75) is 80.4 Å². The van der Waals surface area contributed by atoms with Crippen LogP contribution in [0.3, 0.4) is 0 Å². The van der Waals surface area contributed by atoms with Gasteiger partial charge in [0.05, 0.1) is 51.4 Å². The highest BCUT2D eigenvalue weighted by molar-refractivity contribution is 8.00. The number of phosphoric acid groups is 2. The molecule has 10 atom stereocenters. The van der Waals surface area contributed by atoms with Crippen LogP contribution in [0.15, 0.2) is 22.6 Å². The highest BCUT2D eigenvalue weighted by Crippen LogP contribution is 2.66. The van der Waals surface area contributed by atoms with E-state index in [1.165, 1.54) is 10.9 Å². The number of hydrogen-bond donors (Lipinski definition) is 8. The van der Waals surface area contributed by atoms with Crippen LogP contribution in [-0.4, -0.2) is 157 Å². The van der Waals surface area contributed by atoms with E-state index in [1.54, 1.807) is 0 Å². The summed E-state index contributed by atoms with van der Waals surface area (Å²) >= 11 is 1.82. The van der Waals surface area contributed by atoms with Crippen LogP contribution in [0.25, 0.3) is 11.2 Å². The Hall–Kier alpha value is -2.39. The number of amidine groups is 1. The normalized spacial score (nSPS) is 27.3. The fraction of sp³-hybridized carbons (Fsp3) is 0.767. The van der Waals surface area contributed by atoms with E-state index in [0.29, 0.717) is 44.5 Å². The number of hydrogen-bond acceptors (Lipinski definition) is 22. The van der Waals surface area contributed by atoms with Crippen LogP contribution in [0.5, 0.6) is 0 Å². The average molecular weight is 934 g/mol. The number of nitrogens with one attached hydrogen (secondary N) is 2. The van der Waals surface area contributed by atoms with Crippen LogP contribution in [0.2, 0.25) is 0 Å². The molecule has 340 valence electrons. The van der Waals surface area contributed by atoms with E-state index in [2.05, 4.69) is 43.4 Å². The van der Waals surface area contributed by atoms with Gasteiger partial charge in [0.15, 0.2) is 17.7 Å². The van der Waals surface area contributed by atoms with Gasteiger partial charge in [-0.25, -0.2) is 33.7 Å². The summed E-state index contributed by atoms with van der Waals surface area (Å²) in [5, 5.41) is 49.6. The molecule has 0 aliphatic carbocycles. The molecule has 5 heterocycles. The Morgan fingerprint density at radius 3 is 2.45 bits per heavy atom. The van der Waals surface area contributed by atoms with Crippen molar-refractivity contribution in [2.24, 2.45) is 9.98 Å². The van der Waals surface area contributed by atoms with Crippen molar-refractivity contribution in [2.75, 3.05) is 70.8 Å². The monoisotopic (exact) mass is 933 g/mol. The molecule has 3 unspecified atom stereocenters. The second kappa shape index (κ2) is 22.8. The molecule has 0 amide bonds. The molecule has 5 rings (SSSR count). The summed E-state index contributed by atoms with van der Waals surface area (Å²) in [6.07, 6.45) is -0.0530. The highest BCUT2D eigenvalue weighted by Gasteiger charge is 2.47. The summed E-state index contributed by atoms with van der Waals surface area (Å²) in [6.45, 7) is 0.761. The molecule has 30 heteroatoms. The number of fused-ring (bicyclic) bond motifs is 2. The van der Waals surface area contributed by atoms with E-state index in [-0.39, 0.29) is 73.8 Å². The number of nitrogens with two attached hydrogens (primary N) is 1. The Morgan fingerprint density at radius 1 is 0.983 bits per heavy atom. The SMILES string of the molecule is Nc1ncnc2c1ncn2[C@@H]1O[C@H](COP(=O)(O)OP(=O)(O)OP(=O)(O)NCCCOCCOCCOCCCN=C([O-])CCCC[C@@H]2SC[C@@H]3NC([O-])=N[C@@H]32)[C@@H](O)[C@H]1O. The first kappa shape index (κ1) is 48.6. The Bertz CT molecular complexity index is 1900. The second-order valence-electron chi connectivity index (χ2n) is 13.6. The van der Waals surface area contributed by atoms with Gasteiger partial charge in [0.2, 0.25) is 0 Å². The zero-order valence-electron chi connectivity index (χ0n) is 32.2. The van der Waals surface area contributed by atoms with Crippen molar-refractivity contribution >= 4 is 64.1 Å². The van der Waals surface area contributed by atoms with Crippen molar-refractivity contribution in [1.82, 2.24) is 29.9 Å². The molecule has 3 aliphatic heterocycles. The van der Waals surface area contributed by atoms with Gasteiger partial charge in [0.1, 0.15) is 30.2 Å². The van der Waals surface area contributed by atoms with Crippen molar-refractivity contribution < 1.29 is 80.9 Å². The third kappa shape index (κ3) is 14.9. The molecule has 3 aliphatic rings. The largest absolute Gasteiger partial charge is 0.862 e. The number of ether oxygens (including phenoxy) is 4. The van der Waals surface area contributed by atoms with Gasteiger partial charge in [0.25, 0.3) is 0 Å². The zero-order valence-corrected chi connectivity index (χ0v) is 35.7. The summed E-state index contributed by atoms with van der Waals surface area (Å²) in [5.41, 5.74) is 6.09. The number of aliphatic imine (C=N–C) groups is 2. The number of aliphatic hydroxyl groups excluding tert-OH is 2. The number of nitrogen functional groups attached to an aromatic ring is 1. The summed E-state index contributed by atoms with van der Waals surface area (Å²) < 4.78 is 72.9. The lowest BCUT2D eigenvalue weighted by atomic mass is 10.0. The minimum atomic E-state index is -5.70. The highest BCUT2D eigenvalue weighted by atomic mass is 32.2. The number of rotatable bonds is 28. The first-order valence-corrected chi connectivity index (χ1v) is 24.5. The fourth-order valence-corrected chi connectivity index (χ4v) is 11.5. The lowest BCUT2D eigenvalue weighted by Crippen LogP contribution is -2.39. The fourth-order valence-electron chi connectivity index (χ4n) is 6.23. The van der Waals surface area contributed by atoms with E-state index < -0.39 is 54.5 Å². The number of phosphoric ester groups is 1. The van der Waals surface area contributed by atoms with Crippen LogP contribution in [0.1, 0.15) is 44.8 Å². The molecule has 60 heavy (non-hydrogen) atoms. The lowest BCUT2D eigenvalue weighted by molar-refractivity contribution is -0.220. The minimum absolute atomic E-state index is 0.0394. The molecular weight excluding hydrogens is 883 g/mol. The number of anilines is 1. The Balaban J connectivity index is 0.838. The molecule has 2 fully saturated rings. The number of unbranched alkanes of at least 4 members (excludes halogenated alkanes) is 1. The van der Waals surface area contributed by atoms with Crippen molar-refractivity contribution in [1.29, 1.82) is 0 Å². The van der Waals surface area contributed by atoms with Crippen LogP contribution in [0, 0.1) is 0 Å². The van der Waals surface area contributed by atoms with E-state index in [0.717, 1.165) is 31.3 Å². The molecule has 0 bridgehead atoms. The van der Waals surface area contributed by atoms with Crippen molar-refractivity contribution in [3.63, 3.8) is 0 Å². The number of aromatic nitrogens is 4. The predicted octanol–water partition coefficient (Wildman–Crippen LogP) is -1.71. The summed E-state index contributed by atoms with van der Waals surface area (Å²) in [5.74, 6) is 0.790.